The van der Waals surface area contributed by atoms with Gasteiger partial charge in [-0.1, -0.05) is 0 Å². The van der Waals surface area contributed by atoms with E-state index >= 15 is 0 Å². The van der Waals surface area contributed by atoms with Crippen LogP contribution in [0.1, 0.15) is 12.8 Å². The third kappa shape index (κ3) is 3.32. The number of nitrogens with zero attached hydrogens (tertiary/aromatic N) is 4. The van der Waals surface area contributed by atoms with Crippen molar-refractivity contribution in [2.45, 2.75) is 23.9 Å². The van der Waals surface area contributed by atoms with Crippen LogP contribution in [0.25, 0.3) is 0 Å². The molecule has 7 nitrogen and oxygen atoms in total. The molecule has 1 fully saturated rings. The predicted octanol–water partition coefficient (Wildman–Crippen LogP) is -0.314. The molecule has 1 aliphatic rings. The molecule has 1 aliphatic heterocycles. The van der Waals surface area contributed by atoms with Gasteiger partial charge >= 0.3 is 0 Å². The Kier molecular flexibility index (Phi) is 4.19. The van der Waals surface area contributed by atoms with Crippen LogP contribution >= 0.6 is 0 Å². The zero-order chi connectivity index (χ0) is 13.9. The second-order valence-electron chi connectivity index (χ2n) is 4.62. The number of piperidine rings is 1. The molecule has 104 valence electrons. The van der Waals surface area contributed by atoms with Gasteiger partial charge in [0.05, 0.1) is 18.8 Å². The summed E-state index contributed by atoms with van der Waals surface area (Å²) >= 11 is 0. The van der Waals surface area contributed by atoms with Crippen molar-refractivity contribution in [2.75, 3.05) is 19.6 Å². The minimum Gasteiger partial charge on any atom is -0.290 e. The minimum atomic E-state index is -3.51. The van der Waals surface area contributed by atoms with Crippen molar-refractivity contribution >= 4 is 10.0 Å². The van der Waals surface area contributed by atoms with Crippen molar-refractivity contribution in [3.8, 4) is 6.07 Å². The standard InChI is InChI=1S/C11H17N5O2S/c1-15-11(2-6-13-15)19(17,18)14-10-3-7-16(8-4-10)9-5-12/h2,6,10,14H,3-4,7-9H2,1H3. The lowest BCUT2D eigenvalue weighted by Gasteiger charge is -2.30. The predicted molar refractivity (Wildman–Crippen MR) is 68.6 cm³/mol. The molecule has 2 heterocycles. The number of aromatic nitrogens is 2. The Labute approximate surface area is 112 Å². The number of nitriles is 1. The van der Waals surface area contributed by atoms with E-state index in [0.29, 0.717) is 6.54 Å². The Morgan fingerprint density at radius 3 is 2.74 bits per heavy atom. The summed E-state index contributed by atoms with van der Waals surface area (Å²) in [7, 11) is -1.91. The molecule has 0 unspecified atom stereocenters. The van der Waals surface area contributed by atoms with Gasteiger partial charge in [0.2, 0.25) is 0 Å². The fraction of sp³-hybridized carbons (Fsp3) is 0.636. The molecule has 0 saturated carbocycles. The molecular weight excluding hydrogens is 266 g/mol. The molecular formula is C11H17N5O2S. The van der Waals surface area contributed by atoms with Gasteiger partial charge in [-0.25, -0.2) is 13.1 Å². The normalized spacial score (nSPS) is 18.3. The highest BCUT2D eigenvalue weighted by molar-refractivity contribution is 7.89. The smallest absolute Gasteiger partial charge is 0.257 e. The van der Waals surface area contributed by atoms with E-state index < -0.39 is 10.0 Å². The molecule has 0 aromatic carbocycles. The molecule has 19 heavy (non-hydrogen) atoms. The second-order valence-corrected chi connectivity index (χ2v) is 6.28. The van der Waals surface area contributed by atoms with Crippen LogP contribution in [0.4, 0.5) is 0 Å². The zero-order valence-electron chi connectivity index (χ0n) is 10.8. The third-order valence-corrected chi connectivity index (χ3v) is 4.85. The van der Waals surface area contributed by atoms with Crippen molar-refractivity contribution < 1.29 is 8.42 Å². The van der Waals surface area contributed by atoms with Gasteiger partial charge < -0.3 is 0 Å². The second kappa shape index (κ2) is 5.69. The first-order valence-electron chi connectivity index (χ1n) is 6.12. The highest BCUT2D eigenvalue weighted by Gasteiger charge is 2.25. The zero-order valence-corrected chi connectivity index (χ0v) is 11.6. The summed E-state index contributed by atoms with van der Waals surface area (Å²) < 4.78 is 28.3. The number of hydrogen-bond donors (Lipinski definition) is 1. The quantitative estimate of drug-likeness (QED) is 0.765. The van der Waals surface area contributed by atoms with E-state index in [4.69, 9.17) is 5.26 Å². The van der Waals surface area contributed by atoms with Crippen LogP contribution in [0, 0.1) is 11.3 Å². The van der Waals surface area contributed by atoms with E-state index in [1.54, 1.807) is 7.05 Å². The van der Waals surface area contributed by atoms with Crippen LogP contribution < -0.4 is 4.72 Å². The van der Waals surface area contributed by atoms with Crippen LogP contribution in [0.3, 0.4) is 0 Å². The third-order valence-electron chi connectivity index (χ3n) is 3.25. The molecule has 1 N–H and O–H groups in total. The van der Waals surface area contributed by atoms with E-state index in [9.17, 15) is 8.42 Å². The Morgan fingerprint density at radius 1 is 1.53 bits per heavy atom. The van der Waals surface area contributed by atoms with Crippen LogP contribution in [-0.2, 0) is 17.1 Å². The molecule has 1 aromatic rings. The van der Waals surface area contributed by atoms with Crippen molar-refractivity contribution in [1.29, 1.82) is 5.26 Å². The van der Waals surface area contributed by atoms with Crippen molar-refractivity contribution in [2.24, 2.45) is 7.05 Å². The van der Waals surface area contributed by atoms with Gasteiger partial charge in [-0.15, -0.1) is 0 Å². The summed E-state index contributed by atoms with van der Waals surface area (Å²) in [6, 6.07) is 3.51. The van der Waals surface area contributed by atoms with Gasteiger partial charge in [-0.2, -0.15) is 10.4 Å². The van der Waals surface area contributed by atoms with Gasteiger partial charge in [0.15, 0.2) is 5.03 Å². The van der Waals surface area contributed by atoms with Crippen LogP contribution in [0.5, 0.6) is 0 Å². The lowest BCUT2D eigenvalue weighted by atomic mass is 10.1. The van der Waals surface area contributed by atoms with Gasteiger partial charge in [0, 0.05) is 26.2 Å². The molecule has 0 radical (unpaired) electrons. The Bertz CT molecular complexity index is 566. The SMILES string of the molecule is Cn1nccc1S(=O)(=O)NC1CCN(CC#N)CC1. The summed E-state index contributed by atoms with van der Waals surface area (Å²) in [5.74, 6) is 0. The molecule has 0 bridgehead atoms. The van der Waals surface area contributed by atoms with E-state index in [1.807, 2.05) is 4.90 Å². The van der Waals surface area contributed by atoms with Crippen molar-refractivity contribution in [3.05, 3.63) is 12.3 Å². The molecule has 1 saturated heterocycles. The fourth-order valence-corrected chi connectivity index (χ4v) is 3.64. The van der Waals surface area contributed by atoms with E-state index in [2.05, 4.69) is 15.9 Å². The molecule has 0 spiro atoms. The molecule has 0 amide bonds. The van der Waals surface area contributed by atoms with E-state index in [-0.39, 0.29) is 11.1 Å². The number of nitrogens with one attached hydrogen (secondary N) is 1. The van der Waals surface area contributed by atoms with E-state index in [1.165, 1.54) is 16.9 Å². The topological polar surface area (TPSA) is 91.0 Å². The minimum absolute atomic E-state index is 0.0742. The van der Waals surface area contributed by atoms with Gasteiger partial charge in [0.1, 0.15) is 0 Å². The summed E-state index contributed by atoms with van der Waals surface area (Å²) in [5.41, 5.74) is 0. The maximum absolute atomic E-state index is 12.2. The Hall–Kier alpha value is -1.43. The molecule has 2 rings (SSSR count). The monoisotopic (exact) mass is 283 g/mol. The van der Waals surface area contributed by atoms with Crippen molar-refractivity contribution in [3.63, 3.8) is 0 Å². The Morgan fingerprint density at radius 2 is 2.21 bits per heavy atom. The van der Waals surface area contributed by atoms with Gasteiger partial charge in [-0.05, 0) is 18.9 Å². The molecule has 8 heteroatoms. The molecule has 0 atom stereocenters. The number of rotatable bonds is 4. The first-order valence-corrected chi connectivity index (χ1v) is 7.61. The van der Waals surface area contributed by atoms with Gasteiger partial charge in [0.25, 0.3) is 10.0 Å². The average molecular weight is 283 g/mol. The summed E-state index contributed by atoms with van der Waals surface area (Å²) in [4.78, 5) is 2.02. The van der Waals surface area contributed by atoms with Crippen LogP contribution in [-0.4, -0.2) is 48.8 Å². The molecule has 0 aliphatic carbocycles. The number of aryl methyl sites for hydroxylation is 1. The Balaban J connectivity index is 1.96. The maximum Gasteiger partial charge on any atom is 0.257 e. The lowest BCUT2D eigenvalue weighted by molar-refractivity contribution is 0.228. The highest BCUT2D eigenvalue weighted by atomic mass is 32.2. The fourth-order valence-electron chi connectivity index (χ4n) is 2.21. The van der Waals surface area contributed by atoms with Crippen LogP contribution in [0.2, 0.25) is 0 Å². The number of hydrogen-bond acceptors (Lipinski definition) is 5. The summed E-state index contributed by atoms with van der Waals surface area (Å²) in [6.45, 7) is 1.89. The maximum atomic E-state index is 12.2. The first kappa shape index (κ1) is 14.0. The van der Waals surface area contributed by atoms with Crippen LogP contribution in [0.15, 0.2) is 17.3 Å². The largest absolute Gasteiger partial charge is 0.290 e. The molecule has 1 aromatic heterocycles. The summed E-state index contributed by atoms with van der Waals surface area (Å²) in [6.07, 6.45) is 2.90. The number of likely N-dealkylation sites (tertiary alicyclic amines) is 1. The van der Waals surface area contributed by atoms with Crippen molar-refractivity contribution in [1.82, 2.24) is 19.4 Å². The number of sulfonamides is 1. The van der Waals surface area contributed by atoms with Gasteiger partial charge in [-0.3, -0.25) is 9.58 Å². The first-order chi connectivity index (χ1) is 9.03. The summed E-state index contributed by atoms with van der Waals surface area (Å²) in [5, 5.41) is 12.7. The highest BCUT2D eigenvalue weighted by Crippen LogP contribution is 2.14. The van der Waals surface area contributed by atoms with E-state index in [0.717, 1.165) is 25.9 Å². The lowest BCUT2D eigenvalue weighted by Crippen LogP contribution is -2.44. The average Bonchev–Trinajstić information content (AvgIpc) is 2.79.